The molecule has 0 aliphatic rings. The Hall–Kier alpha value is -0.630. The maximum Gasteiger partial charge on any atom is 0.348 e. The lowest BCUT2D eigenvalue weighted by Gasteiger charge is -1.93. The topological polar surface area (TPSA) is 55.3 Å². The van der Waals surface area contributed by atoms with Gasteiger partial charge in [0.1, 0.15) is 18.9 Å². The summed E-state index contributed by atoms with van der Waals surface area (Å²) in [5.74, 6) is -0.285. The molecular weight excluding hydrogens is 299 g/mol. The first kappa shape index (κ1) is 13.4. The van der Waals surface area contributed by atoms with Crippen molar-refractivity contribution in [2.75, 3.05) is 13.7 Å². The average Bonchev–Trinajstić information content (AvgIpc) is 2.53. The van der Waals surface area contributed by atoms with Crippen molar-refractivity contribution in [2.24, 2.45) is 0 Å². The zero-order chi connectivity index (χ0) is 9.68. The molecule has 0 fully saturated rings. The number of hydrogen-bond donors (Lipinski definition) is 1. The van der Waals surface area contributed by atoms with Gasteiger partial charge in [-0.1, -0.05) is 0 Å². The molecule has 0 saturated heterocycles. The highest BCUT2D eigenvalue weighted by Crippen LogP contribution is 1.84. The molecule has 0 saturated carbocycles. The van der Waals surface area contributed by atoms with Crippen molar-refractivity contribution in [1.82, 2.24) is 4.57 Å². The number of carbonyl (C=O) groups excluding carboxylic acids is 1. The third-order valence-corrected chi connectivity index (χ3v) is 1.64. The van der Waals surface area contributed by atoms with E-state index in [0.29, 0.717) is 6.54 Å². The summed E-state index contributed by atoms with van der Waals surface area (Å²) in [5.41, 5.74) is 0. The summed E-state index contributed by atoms with van der Waals surface area (Å²) in [4.78, 5) is 10.8. The fourth-order valence-corrected chi connectivity index (χ4v) is 0.994. The van der Waals surface area contributed by atoms with E-state index in [1.165, 1.54) is 7.11 Å². The second-order valence-electron chi connectivity index (χ2n) is 2.62. The Balaban J connectivity index is 0.00000169. The van der Waals surface area contributed by atoms with Crippen LogP contribution >= 0.6 is 0 Å². The van der Waals surface area contributed by atoms with E-state index in [1.807, 2.05) is 0 Å². The van der Waals surface area contributed by atoms with Crippen molar-refractivity contribution in [3.8, 4) is 0 Å². The van der Waals surface area contributed by atoms with Gasteiger partial charge in [0.25, 0.3) is 0 Å². The lowest BCUT2D eigenvalue weighted by atomic mass is 10.6. The fraction of sp³-hybridized carbons (Fsp3) is 0.500. The number of halogens is 1. The zero-order valence-electron chi connectivity index (χ0n) is 7.89. The molecule has 0 spiro atoms. The number of aliphatic hydroxyl groups is 1. The van der Waals surface area contributed by atoms with Crippen molar-refractivity contribution in [3.63, 3.8) is 0 Å². The van der Waals surface area contributed by atoms with Gasteiger partial charge in [0.05, 0.1) is 13.7 Å². The number of carbonyl (C=O) groups is 1. The molecule has 14 heavy (non-hydrogen) atoms. The summed E-state index contributed by atoms with van der Waals surface area (Å²) in [5, 5.41) is 8.64. The molecule has 1 aromatic rings. The molecule has 1 heterocycles. The number of aliphatic hydroxyl groups excluding tert-OH is 1. The van der Waals surface area contributed by atoms with Gasteiger partial charge in [0.15, 0.2) is 6.54 Å². The van der Waals surface area contributed by atoms with Crippen LogP contribution in [0.15, 0.2) is 18.7 Å². The van der Waals surface area contributed by atoms with Gasteiger partial charge in [0, 0.05) is 0 Å². The Morgan fingerprint density at radius 1 is 1.64 bits per heavy atom. The molecule has 0 aliphatic heterocycles. The molecule has 1 aromatic heterocycles. The molecular formula is C8H13IN2O3. The highest BCUT2D eigenvalue weighted by atomic mass is 127. The molecule has 1 rings (SSSR count). The SMILES string of the molecule is COC(=O)C[n+]1ccn(CCO)c1.[I-]. The van der Waals surface area contributed by atoms with Gasteiger partial charge in [0.2, 0.25) is 6.33 Å². The average molecular weight is 312 g/mol. The van der Waals surface area contributed by atoms with Gasteiger partial charge in [-0.15, -0.1) is 0 Å². The maximum atomic E-state index is 10.8. The molecule has 0 amide bonds. The minimum Gasteiger partial charge on any atom is -1.00 e. The molecule has 0 unspecified atom stereocenters. The Morgan fingerprint density at radius 3 is 2.93 bits per heavy atom. The second-order valence-corrected chi connectivity index (χ2v) is 2.62. The van der Waals surface area contributed by atoms with E-state index in [4.69, 9.17) is 5.11 Å². The Labute approximate surface area is 99.3 Å². The molecule has 0 radical (unpaired) electrons. The lowest BCUT2D eigenvalue weighted by molar-refractivity contribution is -0.685. The molecule has 1 N–H and O–H groups in total. The van der Waals surface area contributed by atoms with E-state index < -0.39 is 0 Å². The number of rotatable bonds is 4. The zero-order valence-corrected chi connectivity index (χ0v) is 10.0. The number of esters is 1. The van der Waals surface area contributed by atoms with Gasteiger partial charge in [-0.2, -0.15) is 0 Å². The first-order valence-corrected chi connectivity index (χ1v) is 3.98. The van der Waals surface area contributed by atoms with E-state index in [-0.39, 0.29) is 43.1 Å². The summed E-state index contributed by atoms with van der Waals surface area (Å²) in [6, 6.07) is 0. The molecule has 0 bridgehead atoms. The molecule has 0 aliphatic carbocycles. The molecule has 0 aromatic carbocycles. The van der Waals surface area contributed by atoms with E-state index in [0.717, 1.165) is 0 Å². The van der Waals surface area contributed by atoms with E-state index in [1.54, 1.807) is 27.9 Å². The van der Waals surface area contributed by atoms with Gasteiger partial charge < -0.3 is 33.8 Å². The van der Waals surface area contributed by atoms with Gasteiger partial charge >= 0.3 is 5.97 Å². The highest BCUT2D eigenvalue weighted by Gasteiger charge is 2.07. The summed E-state index contributed by atoms with van der Waals surface area (Å²) >= 11 is 0. The van der Waals surface area contributed by atoms with Crippen LogP contribution in [0.5, 0.6) is 0 Å². The van der Waals surface area contributed by atoms with Crippen LogP contribution in [0.25, 0.3) is 0 Å². The lowest BCUT2D eigenvalue weighted by Crippen LogP contribution is -3.00. The van der Waals surface area contributed by atoms with E-state index in [2.05, 4.69) is 4.74 Å². The molecule has 6 heteroatoms. The first-order valence-electron chi connectivity index (χ1n) is 3.98. The van der Waals surface area contributed by atoms with Crippen LogP contribution in [-0.2, 0) is 22.6 Å². The Morgan fingerprint density at radius 2 is 2.36 bits per heavy atom. The smallest absolute Gasteiger partial charge is 0.348 e. The van der Waals surface area contributed by atoms with Crippen molar-refractivity contribution in [2.45, 2.75) is 13.1 Å². The van der Waals surface area contributed by atoms with E-state index >= 15 is 0 Å². The van der Waals surface area contributed by atoms with Gasteiger partial charge in [-0.3, -0.25) is 0 Å². The number of aromatic nitrogens is 2. The Bertz CT molecular complexity index is 288. The maximum absolute atomic E-state index is 10.8. The highest BCUT2D eigenvalue weighted by molar-refractivity contribution is 5.67. The number of ether oxygens (including phenoxy) is 1. The fourth-order valence-electron chi connectivity index (χ4n) is 0.994. The minimum absolute atomic E-state index is 0. The number of nitrogens with zero attached hydrogens (tertiary/aromatic N) is 2. The van der Waals surface area contributed by atoms with E-state index in [9.17, 15) is 4.79 Å². The number of imidazole rings is 1. The third kappa shape index (κ3) is 4.05. The summed E-state index contributed by atoms with van der Waals surface area (Å²) < 4.78 is 8.00. The standard InChI is InChI=1S/C8H13N2O3.HI/c1-13-8(12)6-10-3-2-9(7-10)4-5-11;/h2-3,7,11H,4-6H2,1H3;1H/q+1;/p-1. The van der Waals surface area contributed by atoms with Crippen LogP contribution in [-0.4, -0.2) is 29.4 Å². The van der Waals surface area contributed by atoms with Crippen LogP contribution in [0.1, 0.15) is 0 Å². The predicted molar refractivity (Wildman–Crippen MR) is 43.7 cm³/mol. The monoisotopic (exact) mass is 312 g/mol. The van der Waals surface area contributed by atoms with Crippen molar-refractivity contribution < 1.29 is 43.2 Å². The van der Waals surface area contributed by atoms with Gasteiger partial charge in [-0.05, 0) is 0 Å². The number of hydrogen-bond acceptors (Lipinski definition) is 3. The van der Waals surface area contributed by atoms with Crippen LogP contribution in [0.2, 0.25) is 0 Å². The van der Waals surface area contributed by atoms with Crippen LogP contribution in [0.3, 0.4) is 0 Å². The van der Waals surface area contributed by atoms with Crippen molar-refractivity contribution in [3.05, 3.63) is 18.7 Å². The third-order valence-electron chi connectivity index (χ3n) is 1.64. The predicted octanol–water partition coefficient (Wildman–Crippen LogP) is -4.06. The first-order chi connectivity index (χ1) is 6.26. The normalized spacial score (nSPS) is 9.29. The summed E-state index contributed by atoms with van der Waals surface area (Å²) in [7, 11) is 1.35. The van der Waals surface area contributed by atoms with Crippen LogP contribution < -0.4 is 28.5 Å². The molecule has 80 valence electrons. The van der Waals surface area contributed by atoms with Crippen molar-refractivity contribution in [1.29, 1.82) is 0 Å². The minimum atomic E-state index is -0.285. The summed E-state index contributed by atoms with van der Waals surface area (Å²) in [6.45, 7) is 0.829. The summed E-state index contributed by atoms with van der Waals surface area (Å²) in [6.07, 6.45) is 5.29. The van der Waals surface area contributed by atoms with Crippen LogP contribution in [0.4, 0.5) is 0 Å². The quantitative estimate of drug-likeness (QED) is 0.350. The largest absolute Gasteiger partial charge is 1.00 e. The van der Waals surface area contributed by atoms with Crippen molar-refractivity contribution >= 4 is 5.97 Å². The number of methoxy groups -OCH3 is 1. The van der Waals surface area contributed by atoms with Crippen LogP contribution in [0, 0.1) is 0 Å². The molecule has 0 atom stereocenters. The second kappa shape index (κ2) is 6.77. The van der Waals surface area contributed by atoms with Gasteiger partial charge in [-0.25, -0.2) is 13.9 Å². The Kier molecular flexibility index (Phi) is 6.46. The molecule has 5 nitrogen and oxygen atoms in total.